The second kappa shape index (κ2) is 8.02. The van der Waals surface area contributed by atoms with E-state index in [0.29, 0.717) is 11.5 Å². The van der Waals surface area contributed by atoms with Gasteiger partial charge < -0.3 is 9.64 Å². The molecule has 0 aromatic carbocycles. The Kier molecular flexibility index (Phi) is 5.72. The fourth-order valence-corrected chi connectivity index (χ4v) is 3.68. The zero-order valence-corrected chi connectivity index (χ0v) is 16.4. The van der Waals surface area contributed by atoms with E-state index < -0.39 is 5.97 Å². The highest BCUT2D eigenvalue weighted by atomic mass is 16.5. The molecule has 0 radical (unpaired) electrons. The standard InChI is InChI=1S/C19H27N5O3/c1-12-5-7-15(8-6-12)23(4)17(25)10-27-18(26)9-16-13(2)22-19-20-11-21-24(19)14(16)3/h11-12,15H,5-10H2,1-4H3. The predicted octanol–water partition coefficient (Wildman–Crippen LogP) is 1.86. The van der Waals surface area contributed by atoms with Crippen LogP contribution in [0.25, 0.3) is 5.78 Å². The number of rotatable bonds is 5. The van der Waals surface area contributed by atoms with Gasteiger partial charge in [0.25, 0.3) is 11.7 Å². The van der Waals surface area contributed by atoms with Crippen molar-refractivity contribution in [3.63, 3.8) is 0 Å². The molecule has 8 heteroatoms. The molecule has 0 saturated heterocycles. The summed E-state index contributed by atoms with van der Waals surface area (Å²) in [7, 11) is 1.80. The number of nitrogens with zero attached hydrogens (tertiary/aromatic N) is 5. The lowest BCUT2D eigenvalue weighted by molar-refractivity contribution is -0.152. The highest BCUT2D eigenvalue weighted by Gasteiger charge is 2.25. The molecule has 1 saturated carbocycles. The SMILES string of the molecule is Cc1nc2ncnn2c(C)c1CC(=O)OCC(=O)N(C)C1CCC(C)CC1. The largest absolute Gasteiger partial charge is 0.455 e. The molecule has 0 aliphatic heterocycles. The molecule has 0 unspecified atom stereocenters. The van der Waals surface area contributed by atoms with Crippen LogP contribution in [0.2, 0.25) is 0 Å². The van der Waals surface area contributed by atoms with E-state index in [1.807, 2.05) is 13.8 Å². The zero-order valence-electron chi connectivity index (χ0n) is 16.4. The molecule has 0 N–H and O–H groups in total. The third-order valence-electron chi connectivity index (χ3n) is 5.59. The van der Waals surface area contributed by atoms with E-state index in [2.05, 4.69) is 22.0 Å². The van der Waals surface area contributed by atoms with Gasteiger partial charge in [0.1, 0.15) is 6.33 Å². The van der Waals surface area contributed by atoms with Gasteiger partial charge in [-0.05, 0) is 45.4 Å². The van der Waals surface area contributed by atoms with Crippen LogP contribution in [0.4, 0.5) is 0 Å². The number of ether oxygens (including phenoxy) is 1. The Morgan fingerprint density at radius 1 is 1.26 bits per heavy atom. The number of hydrogen-bond donors (Lipinski definition) is 0. The molecule has 1 aliphatic carbocycles. The first kappa shape index (κ1) is 19.3. The lowest BCUT2D eigenvalue weighted by atomic mass is 9.87. The molecular formula is C19H27N5O3. The first-order valence-corrected chi connectivity index (χ1v) is 9.44. The molecule has 0 spiro atoms. The topological polar surface area (TPSA) is 89.7 Å². The average molecular weight is 373 g/mol. The third-order valence-corrected chi connectivity index (χ3v) is 5.59. The lowest BCUT2D eigenvalue weighted by Gasteiger charge is -2.33. The molecule has 0 atom stereocenters. The van der Waals surface area contributed by atoms with E-state index in [1.54, 1.807) is 16.5 Å². The maximum Gasteiger partial charge on any atom is 0.310 e. The Balaban J connectivity index is 1.56. The normalized spacial score (nSPS) is 19.9. The lowest BCUT2D eigenvalue weighted by Crippen LogP contribution is -2.41. The molecule has 2 aromatic heterocycles. The van der Waals surface area contributed by atoms with Crippen LogP contribution in [-0.2, 0) is 20.7 Å². The van der Waals surface area contributed by atoms with Gasteiger partial charge in [0.2, 0.25) is 0 Å². The zero-order chi connectivity index (χ0) is 19.6. The molecule has 1 aliphatic rings. The van der Waals surface area contributed by atoms with E-state index in [9.17, 15) is 9.59 Å². The molecular weight excluding hydrogens is 346 g/mol. The maximum atomic E-state index is 12.4. The number of carbonyl (C=O) groups excluding carboxylic acids is 2. The van der Waals surface area contributed by atoms with Gasteiger partial charge >= 0.3 is 5.97 Å². The fraction of sp³-hybridized carbons (Fsp3) is 0.632. The summed E-state index contributed by atoms with van der Waals surface area (Å²) in [6.45, 7) is 5.71. The Morgan fingerprint density at radius 2 is 1.96 bits per heavy atom. The van der Waals surface area contributed by atoms with E-state index in [1.165, 1.54) is 6.33 Å². The molecule has 2 heterocycles. The second-order valence-corrected chi connectivity index (χ2v) is 7.49. The third kappa shape index (κ3) is 4.26. The molecule has 146 valence electrons. The van der Waals surface area contributed by atoms with Crippen LogP contribution < -0.4 is 0 Å². The first-order chi connectivity index (χ1) is 12.9. The van der Waals surface area contributed by atoms with Crippen molar-refractivity contribution in [2.24, 2.45) is 5.92 Å². The van der Waals surface area contributed by atoms with Crippen LogP contribution in [0.1, 0.15) is 49.6 Å². The van der Waals surface area contributed by atoms with Crippen LogP contribution in [-0.4, -0.2) is 56.1 Å². The van der Waals surface area contributed by atoms with Gasteiger partial charge in [-0.1, -0.05) is 6.92 Å². The summed E-state index contributed by atoms with van der Waals surface area (Å²) in [5.41, 5.74) is 2.26. The number of carbonyl (C=O) groups is 2. The summed E-state index contributed by atoms with van der Waals surface area (Å²) in [4.78, 5) is 34.8. The van der Waals surface area contributed by atoms with Gasteiger partial charge in [-0.3, -0.25) is 9.59 Å². The molecule has 27 heavy (non-hydrogen) atoms. The predicted molar refractivity (Wildman–Crippen MR) is 99.1 cm³/mol. The first-order valence-electron chi connectivity index (χ1n) is 9.44. The molecule has 1 amide bonds. The van der Waals surface area contributed by atoms with Crippen molar-refractivity contribution in [3.05, 3.63) is 23.3 Å². The second-order valence-electron chi connectivity index (χ2n) is 7.49. The number of fused-ring (bicyclic) bond motifs is 1. The van der Waals surface area contributed by atoms with Crippen molar-refractivity contribution in [2.45, 2.75) is 58.9 Å². The monoisotopic (exact) mass is 373 g/mol. The Hall–Kier alpha value is -2.51. The van der Waals surface area contributed by atoms with Crippen LogP contribution >= 0.6 is 0 Å². The average Bonchev–Trinajstić information content (AvgIpc) is 3.11. The minimum absolute atomic E-state index is 0.0540. The van der Waals surface area contributed by atoms with Gasteiger partial charge in [0.05, 0.1) is 6.42 Å². The smallest absolute Gasteiger partial charge is 0.310 e. The summed E-state index contributed by atoms with van der Waals surface area (Å²) >= 11 is 0. The quantitative estimate of drug-likeness (QED) is 0.743. The summed E-state index contributed by atoms with van der Waals surface area (Å²) in [5, 5.41) is 4.11. The minimum atomic E-state index is -0.443. The minimum Gasteiger partial charge on any atom is -0.455 e. The summed E-state index contributed by atoms with van der Waals surface area (Å²) in [6, 6.07) is 0.246. The number of amides is 1. The number of likely N-dealkylation sites (N-methyl/N-ethyl adjacent to an activating group) is 1. The van der Waals surface area contributed by atoms with Crippen molar-refractivity contribution < 1.29 is 14.3 Å². The van der Waals surface area contributed by atoms with Crippen molar-refractivity contribution in [2.75, 3.05) is 13.7 Å². The number of esters is 1. The highest BCUT2D eigenvalue weighted by molar-refractivity contribution is 5.81. The highest BCUT2D eigenvalue weighted by Crippen LogP contribution is 2.26. The van der Waals surface area contributed by atoms with Gasteiger partial charge in [-0.25, -0.2) is 9.50 Å². The summed E-state index contributed by atoms with van der Waals surface area (Å²) in [6.07, 6.45) is 5.78. The van der Waals surface area contributed by atoms with Crippen molar-refractivity contribution >= 4 is 17.7 Å². The van der Waals surface area contributed by atoms with Crippen molar-refractivity contribution in [1.82, 2.24) is 24.5 Å². The van der Waals surface area contributed by atoms with E-state index in [4.69, 9.17) is 4.74 Å². The van der Waals surface area contributed by atoms with Crippen LogP contribution in [0.3, 0.4) is 0 Å². The van der Waals surface area contributed by atoms with Gasteiger partial charge in [-0.2, -0.15) is 10.1 Å². The van der Waals surface area contributed by atoms with Crippen molar-refractivity contribution in [1.29, 1.82) is 0 Å². The number of aromatic nitrogens is 4. The summed E-state index contributed by atoms with van der Waals surface area (Å²) in [5.74, 6) is 0.633. The molecule has 2 aromatic rings. The van der Waals surface area contributed by atoms with Gasteiger partial charge in [0, 0.05) is 30.0 Å². The fourth-order valence-electron chi connectivity index (χ4n) is 3.68. The summed E-state index contributed by atoms with van der Waals surface area (Å²) < 4.78 is 6.84. The van der Waals surface area contributed by atoms with Gasteiger partial charge in [0.15, 0.2) is 6.61 Å². The maximum absolute atomic E-state index is 12.4. The molecule has 3 rings (SSSR count). The van der Waals surface area contributed by atoms with Crippen LogP contribution in [0.15, 0.2) is 6.33 Å². The van der Waals surface area contributed by atoms with Gasteiger partial charge in [-0.15, -0.1) is 0 Å². The molecule has 1 fully saturated rings. The number of aryl methyl sites for hydroxylation is 2. The van der Waals surface area contributed by atoms with E-state index >= 15 is 0 Å². The van der Waals surface area contributed by atoms with E-state index in [0.717, 1.165) is 42.9 Å². The number of hydrogen-bond acceptors (Lipinski definition) is 6. The molecule has 8 nitrogen and oxygen atoms in total. The Morgan fingerprint density at radius 3 is 2.67 bits per heavy atom. The Labute approximate surface area is 158 Å². The Bertz CT molecular complexity index is 839. The van der Waals surface area contributed by atoms with E-state index in [-0.39, 0.29) is 25.0 Å². The molecule has 0 bridgehead atoms. The van der Waals surface area contributed by atoms with Crippen LogP contribution in [0.5, 0.6) is 0 Å². The van der Waals surface area contributed by atoms with Crippen LogP contribution in [0, 0.1) is 19.8 Å². The van der Waals surface area contributed by atoms with Crippen molar-refractivity contribution in [3.8, 4) is 0 Å².